The van der Waals surface area contributed by atoms with Gasteiger partial charge in [-0.25, -0.2) is 4.39 Å². The molecule has 1 spiro atoms. The van der Waals surface area contributed by atoms with Crippen LogP contribution in [0.4, 0.5) is 10.1 Å². The van der Waals surface area contributed by atoms with Crippen molar-refractivity contribution in [2.45, 2.75) is 24.9 Å². The van der Waals surface area contributed by atoms with Gasteiger partial charge in [0.25, 0.3) is 0 Å². The van der Waals surface area contributed by atoms with Crippen LogP contribution in [-0.2, 0) is 0 Å². The van der Waals surface area contributed by atoms with Gasteiger partial charge < -0.3 is 19.1 Å². The Balaban J connectivity index is 1.59. The summed E-state index contributed by atoms with van der Waals surface area (Å²) >= 11 is 0. The van der Waals surface area contributed by atoms with Gasteiger partial charge in [0.1, 0.15) is 17.3 Å². The Morgan fingerprint density at radius 3 is 2.11 bits per heavy atom. The van der Waals surface area contributed by atoms with E-state index in [9.17, 15) is 18.8 Å². The summed E-state index contributed by atoms with van der Waals surface area (Å²) in [4.78, 5) is 46.6. The summed E-state index contributed by atoms with van der Waals surface area (Å²) in [6, 6.07) is 19.8. The van der Waals surface area contributed by atoms with Crippen molar-refractivity contribution in [3.8, 4) is 17.2 Å². The number of nitrogens with zero attached hydrogens (tertiary/aromatic N) is 1. The van der Waals surface area contributed by atoms with Crippen LogP contribution in [0.3, 0.4) is 0 Å². The van der Waals surface area contributed by atoms with E-state index in [-0.39, 0.29) is 28.8 Å². The Morgan fingerprint density at radius 1 is 0.822 bits per heavy atom. The minimum absolute atomic E-state index is 0.252. The van der Waals surface area contributed by atoms with Gasteiger partial charge in [0.2, 0.25) is 5.75 Å². The second-order valence-corrected chi connectivity index (χ2v) is 11.6. The molecule has 0 bridgehead atoms. The molecule has 0 N–H and O–H groups in total. The minimum atomic E-state index is -1.76. The molecule has 3 atom stereocenters. The predicted molar refractivity (Wildman–Crippen MR) is 167 cm³/mol. The second-order valence-electron chi connectivity index (χ2n) is 11.6. The van der Waals surface area contributed by atoms with Crippen LogP contribution in [0.25, 0.3) is 6.08 Å². The number of rotatable bonds is 6. The number of hydrogen-bond donors (Lipinski definition) is 0. The van der Waals surface area contributed by atoms with Crippen LogP contribution >= 0.6 is 0 Å². The van der Waals surface area contributed by atoms with Crippen LogP contribution in [0.1, 0.15) is 53.7 Å². The topological polar surface area (TPSA) is 82.1 Å². The lowest BCUT2D eigenvalue weighted by Crippen LogP contribution is -2.48. The first-order chi connectivity index (χ1) is 21.8. The lowest BCUT2D eigenvalue weighted by Gasteiger charge is -2.37. The predicted octanol–water partition coefficient (Wildman–Crippen LogP) is 6.48. The second kappa shape index (κ2) is 10.4. The van der Waals surface area contributed by atoms with E-state index in [0.717, 1.165) is 5.56 Å². The minimum Gasteiger partial charge on any atom is -0.493 e. The normalized spacial score (nSPS) is 20.6. The SMILES string of the molecule is COc1ccc([C@@H]2[C@@H](C(=O)c3ccc(C)cc3)N3c4ccc(F)cc4C=C[C@H]3C23C(=O)c2ccccc2C3=O)c(OC)c1OC. The summed E-state index contributed by atoms with van der Waals surface area (Å²) in [5.41, 5.74) is 1.77. The lowest BCUT2D eigenvalue weighted by molar-refractivity contribution is 0.0664. The fourth-order valence-electron chi connectivity index (χ4n) is 7.55. The fraction of sp³-hybridized carbons (Fsp3) is 0.216. The largest absolute Gasteiger partial charge is 0.493 e. The molecule has 1 aliphatic carbocycles. The van der Waals surface area contributed by atoms with E-state index in [0.29, 0.717) is 39.3 Å². The van der Waals surface area contributed by atoms with Gasteiger partial charge in [-0.1, -0.05) is 72.3 Å². The first-order valence-electron chi connectivity index (χ1n) is 14.6. The summed E-state index contributed by atoms with van der Waals surface area (Å²) in [7, 11) is 4.44. The van der Waals surface area contributed by atoms with Gasteiger partial charge in [-0.15, -0.1) is 0 Å². The Bertz CT molecular complexity index is 1900. The number of carbonyl (C=O) groups is 3. The van der Waals surface area contributed by atoms with Crippen LogP contribution in [0.15, 0.2) is 84.9 Å². The zero-order valence-corrected chi connectivity index (χ0v) is 25.2. The van der Waals surface area contributed by atoms with Crippen molar-refractivity contribution in [3.63, 3.8) is 0 Å². The Labute approximate surface area is 259 Å². The van der Waals surface area contributed by atoms with Gasteiger partial charge in [0.05, 0.1) is 27.4 Å². The Morgan fingerprint density at radius 2 is 1.49 bits per heavy atom. The van der Waals surface area contributed by atoms with Gasteiger partial charge in [-0.05, 0) is 31.2 Å². The average molecular weight is 604 g/mol. The van der Waals surface area contributed by atoms with Crippen molar-refractivity contribution in [1.29, 1.82) is 0 Å². The molecule has 0 saturated carbocycles. The van der Waals surface area contributed by atoms with Crippen molar-refractivity contribution >= 4 is 29.1 Å². The molecule has 4 aromatic carbocycles. The number of ether oxygens (including phenoxy) is 3. The lowest BCUT2D eigenvalue weighted by atomic mass is 9.64. The van der Waals surface area contributed by atoms with E-state index < -0.39 is 29.2 Å². The van der Waals surface area contributed by atoms with E-state index in [1.54, 1.807) is 66.7 Å². The monoisotopic (exact) mass is 603 g/mol. The van der Waals surface area contributed by atoms with Crippen LogP contribution in [0, 0.1) is 18.2 Å². The molecule has 2 heterocycles. The highest BCUT2D eigenvalue weighted by Crippen LogP contribution is 2.63. The molecule has 1 saturated heterocycles. The quantitative estimate of drug-likeness (QED) is 0.184. The molecule has 0 radical (unpaired) electrons. The van der Waals surface area contributed by atoms with E-state index in [4.69, 9.17) is 14.2 Å². The number of ketones is 3. The van der Waals surface area contributed by atoms with E-state index in [2.05, 4.69) is 0 Å². The first-order valence-corrected chi connectivity index (χ1v) is 14.6. The summed E-state index contributed by atoms with van der Waals surface area (Å²) < 4.78 is 31.7. The van der Waals surface area contributed by atoms with Gasteiger partial charge >= 0.3 is 0 Å². The maximum atomic E-state index is 14.9. The summed E-state index contributed by atoms with van der Waals surface area (Å²) in [5.74, 6) is -1.62. The molecule has 8 heteroatoms. The zero-order valence-electron chi connectivity index (χ0n) is 25.2. The summed E-state index contributed by atoms with van der Waals surface area (Å²) in [5, 5.41) is 0. The molecule has 7 nitrogen and oxygen atoms in total. The van der Waals surface area contributed by atoms with E-state index in [1.165, 1.54) is 33.5 Å². The van der Waals surface area contributed by atoms with Crippen LogP contribution in [0.2, 0.25) is 0 Å². The number of methoxy groups -OCH3 is 3. The Hall–Kier alpha value is -5.24. The third-order valence-corrected chi connectivity index (χ3v) is 9.44. The third kappa shape index (κ3) is 3.84. The molecular weight excluding hydrogens is 573 g/mol. The van der Waals surface area contributed by atoms with Crippen LogP contribution in [0.5, 0.6) is 17.2 Å². The highest BCUT2D eigenvalue weighted by molar-refractivity contribution is 6.32. The number of benzene rings is 4. The summed E-state index contributed by atoms with van der Waals surface area (Å²) in [6.45, 7) is 1.93. The molecule has 1 fully saturated rings. The van der Waals surface area contributed by atoms with Crippen molar-refractivity contribution in [2.24, 2.45) is 5.41 Å². The molecule has 226 valence electrons. The number of halogens is 1. The zero-order chi connectivity index (χ0) is 31.6. The number of Topliss-reactive ketones (excluding diaryl/α,β-unsaturated/α-hetero) is 3. The van der Waals surface area contributed by atoms with E-state index in [1.807, 2.05) is 24.0 Å². The standard InChI is InChI=1S/C37H30FNO6/c1-20-9-11-21(12-10-20)32(40)31-30(26-15-17-28(43-2)34(45-4)33(26)44-3)37(35(41)24-7-5-6-8-25(24)36(37)42)29-18-13-22-19-23(38)14-16-27(22)39(29)31/h5-19,29-31H,1-4H3/t29-,30+,31-/m0/s1. The van der Waals surface area contributed by atoms with Gasteiger partial charge in [0, 0.05) is 39.4 Å². The number of aryl methyl sites for hydroxylation is 1. The van der Waals surface area contributed by atoms with Crippen molar-refractivity contribution in [3.05, 3.63) is 124 Å². The molecular formula is C37H30FNO6. The van der Waals surface area contributed by atoms with Gasteiger partial charge in [-0.2, -0.15) is 0 Å². The van der Waals surface area contributed by atoms with E-state index >= 15 is 0 Å². The number of fused-ring (bicyclic) bond motifs is 5. The number of carbonyl (C=O) groups excluding carboxylic acids is 3. The molecule has 0 unspecified atom stereocenters. The number of hydrogen-bond acceptors (Lipinski definition) is 7. The average Bonchev–Trinajstić information content (AvgIpc) is 3.49. The molecule has 2 aliphatic heterocycles. The number of anilines is 1. The maximum Gasteiger partial charge on any atom is 0.203 e. The highest BCUT2D eigenvalue weighted by atomic mass is 19.1. The third-order valence-electron chi connectivity index (χ3n) is 9.44. The van der Waals surface area contributed by atoms with Gasteiger partial charge in [0.15, 0.2) is 28.8 Å². The Kier molecular flexibility index (Phi) is 6.62. The molecule has 3 aliphatic rings. The first kappa shape index (κ1) is 28.5. The van der Waals surface area contributed by atoms with Crippen LogP contribution in [-0.4, -0.2) is 50.8 Å². The molecule has 45 heavy (non-hydrogen) atoms. The van der Waals surface area contributed by atoms with Crippen molar-refractivity contribution in [2.75, 3.05) is 26.2 Å². The molecule has 7 rings (SSSR count). The fourth-order valence-corrected chi connectivity index (χ4v) is 7.55. The highest BCUT2D eigenvalue weighted by Gasteiger charge is 2.72. The molecule has 4 aromatic rings. The van der Waals surface area contributed by atoms with Gasteiger partial charge in [-0.3, -0.25) is 14.4 Å². The molecule has 0 amide bonds. The van der Waals surface area contributed by atoms with Crippen molar-refractivity contribution in [1.82, 2.24) is 0 Å². The maximum absolute atomic E-state index is 14.9. The summed E-state index contributed by atoms with van der Waals surface area (Å²) in [6.07, 6.45) is 3.48. The smallest absolute Gasteiger partial charge is 0.203 e. The van der Waals surface area contributed by atoms with Crippen molar-refractivity contribution < 1.29 is 33.0 Å². The van der Waals surface area contributed by atoms with Crippen LogP contribution < -0.4 is 19.1 Å². The molecule has 0 aromatic heterocycles.